The molecule has 3 aromatic rings. The van der Waals surface area contributed by atoms with Gasteiger partial charge in [-0.3, -0.25) is 9.78 Å². The minimum atomic E-state index is 0.0306. The maximum Gasteiger partial charge on any atom is 0.195 e. The van der Waals surface area contributed by atoms with Gasteiger partial charge in [0.15, 0.2) is 5.78 Å². The molecule has 0 aliphatic rings. The molecule has 0 aliphatic carbocycles. The molecule has 19 heavy (non-hydrogen) atoms. The van der Waals surface area contributed by atoms with Gasteiger partial charge in [-0.1, -0.05) is 30.3 Å². The van der Waals surface area contributed by atoms with E-state index in [0.717, 1.165) is 10.9 Å². The summed E-state index contributed by atoms with van der Waals surface area (Å²) >= 11 is 0. The van der Waals surface area contributed by atoms with Crippen molar-refractivity contribution in [2.45, 2.75) is 0 Å². The second kappa shape index (κ2) is 5.73. The zero-order chi connectivity index (χ0) is 13.7. The van der Waals surface area contributed by atoms with E-state index in [1.807, 2.05) is 43.2 Å². The molecule has 2 aromatic heterocycles. The quantitative estimate of drug-likeness (QED) is 0.713. The summed E-state index contributed by atoms with van der Waals surface area (Å²) in [5.74, 6) is 0.0306. The Bertz CT molecular complexity index is 689. The van der Waals surface area contributed by atoms with Crippen LogP contribution in [0.5, 0.6) is 0 Å². The van der Waals surface area contributed by atoms with Crippen LogP contribution < -0.4 is 0 Å². The second-order valence-corrected chi connectivity index (χ2v) is 3.82. The van der Waals surface area contributed by atoms with Crippen LogP contribution in [0.15, 0.2) is 55.0 Å². The third-order valence-corrected chi connectivity index (χ3v) is 2.76. The number of ketones is 1. The highest BCUT2D eigenvalue weighted by Gasteiger charge is 2.13. The molecule has 3 rings (SSSR count). The van der Waals surface area contributed by atoms with Gasteiger partial charge in [-0.25, -0.2) is 0 Å². The van der Waals surface area contributed by atoms with Crippen molar-refractivity contribution in [1.82, 2.24) is 9.97 Å². The van der Waals surface area contributed by atoms with Crippen LogP contribution in [0.2, 0.25) is 0 Å². The minimum absolute atomic E-state index is 0.0306. The average Bonchev–Trinajstić information content (AvgIpc) is 2.93. The van der Waals surface area contributed by atoms with Gasteiger partial charge in [-0.15, -0.1) is 0 Å². The number of nitrogens with zero attached hydrogens (tertiary/aromatic N) is 1. The van der Waals surface area contributed by atoms with Crippen LogP contribution >= 0.6 is 0 Å². The largest absolute Gasteiger partial charge is 0.359 e. The Balaban J connectivity index is 0.000000637. The molecule has 0 unspecified atom stereocenters. The summed E-state index contributed by atoms with van der Waals surface area (Å²) in [4.78, 5) is 27.4. The number of rotatable bonds is 2. The van der Waals surface area contributed by atoms with Gasteiger partial charge in [0.2, 0.25) is 0 Å². The van der Waals surface area contributed by atoms with Crippen molar-refractivity contribution in [2.75, 3.05) is 0 Å². The molecular formula is C15H12N2O2. The number of hydrogen-bond acceptors (Lipinski definition) is 3. The topological polar surface area (TPSA) is 62.8 Å². The number of aromatic amines is 1. The predicted octanol–water partition coefficient (Wildman–Crippen LogP) is 2.61. The number of hydrogen-bond donors (Lipinski definition) is 1. The molecule has 0 fully saturated rings. The number of nitrogens with one attached hydrogen (secondary N) is 1. The molecule has 2 heterocycles. The highest BCUT2D eigenvalue weighted by atomic mass is 16.1. The predicted molar refractivity (Wildman–Crippen MR) is 73.1 cm³/mol. The summed E-state index contributed by atoms with van der Waals surface area (Å²) in [7, 11) is 0. The Labute approximate surface area is 110 Å². The number of pyridine rings is 1. The number of benzene rings is 1. The number of carbonyl (C=O) groups excluding carboxylic acids is 2. The third kappa shape index (κ3) is 2.42. The molecule has 1 aromatic carbocycles. The van der Waals surface area contributed by atoms with E-state index in [1.165, 1.54) is 0 Å². The summed E-state index contributed by atoms with van der Waals surface area (Å²) in [5, 5.41) is 0.911. The fourth-order valence-electron chi connectivity index (χ4n) is 1.90. The molecular weight excluding hydrogens is 240 g/mol. The summed E-state index contributed by atoms with van der Waals surface area (Å²) in [6.45, 7) is 2.00. The van der Waals surface area contributed by atoms with Crippen molar-refractivity contribution in [2.24, 2.45) is 0 Å². The van der Waals surface area contributed by atoms with Gasteiger partial charge in [0.05, 0.1) is 11.7 Å². The van der Waals surface area contributed by atoms with Crippen molar-refractivity contribution in [3.05, 3.63) is 66.1 Å². The van der Waals surface area contributed by atoms with Crippen LogP contribution in [-0.2, 0) is 4.79 Å². The summed E-state index contributed by atoms with van der Waals surface area (Å²) in [6, 6.07) is 11.1. The van der Waals surface area contributed by atoms with Gasteiger partial charge < -0.3 is 9.78 Å². The van der Waals surface area contributed by atoms with Crippen molar-refractivity contribution in [3.63, 3.8) is 0 Å². The van der Waals surface area contributed by atoms with Gasteiger partial charge in [-0.05, 0) is 6.07 Å². The zero-order valence-electron chi connectivity index (χ0n) is 10.2. The van der Waals surface area contributed by atoms with E-state index in [9.17, 15) is 4.79 Å². The molecule has 0 saturated heterocycles. The maximum absolute atomic E-state index is 12.3. The Morgan fingerprint density at radius 2 is 1.84 bits per heavy atom. The monoisotopic (exact) mass is 252 g/mol. The van der Waals surface area contributed by atoms with Crippen LogP contribution in [0.4, 0.5) is 0 Å². The SMILES string of the molecule is C=O.O=C(c1ccccc1)c1c[nH]c2cnccc12. The Morgan fingerprint density at radius 1 is 1.11 bits per heavy atom. The molecule has 1 N–H and O–H groups in total. The highest BCUT2D eigenvalue weighted by Crippen LogP contribution is 2.19. The molecule has 4 heteroatoms. The van der Waals surface area contributed by atoms with E-state index < -0.39 is 0 Å². The molecule has 0 atom stereocenters. The van der Waals surface area contributed by atoms with Crippen LogP contribution in [0.1, 0.15) is 15.9 Å². The molecule has 0 spiro atoms. The van der Waals surface area contributed by atoms with Crippen molar-refractivity contribution in [3.8, 4) is 0 Å². The molecule has 0 bridgehead atoms. The molecule has 0 amide bonds. The Kier molecular flexibility index (Phi) is 3.83. The molecule has 94 valence electrons. The van der Waals surface area contributed by atoms with Gasteiger partial charge in [0.1, 0.15) is 6.79 Å². The average molecular weight is 252 g/mol. The van der Waals surface area contributed by atoms with Crippen molar-refractivity contribution >= 4 is 23.5 Å². The number of H-pyrrole nitrogens is 1. The standard InChI is InChI=1S/C14H10N2O.CH2O/c17-14(10-4-2-1-3-5-10)12-8-16-13-9-15-7-6-11(12)13;1-2/h1-9,16H;1H2. The lowest BCUT2D eigenvalue weighted by molar-refractivity contribution is -0.0979. The molecule has 0 saturated carbocycles. The lowest BCUT2D eigenvalue weighted by Gasteiger charge is -1.98. The molecule has 0 aliphatic heterocycles. The Morgan fingerprint density at radius 3 is 2.58 bits per heavy atom. The summed E-state index contributed by atoms with van der Waals surface area (Å²) in [6.07, 6.45) is 5.15. The van der Waals surface area contributed by atoms with E-state index >= 15 is 0 Å². The maximum atomic E-state index is 12.3. The van der Waals surface area contributed by atoms with Crippen LogP contribution in [0.25, 0.3) is 10.9 Å². The van der Waals surface area contributed by atoms with Crippen molar-refractivity contribution < 1.29 is 9.59 Å². The van der Waals surface area contributed by atoms with E-state index in [1.54, 1.807) is 18.6 Å². The lowest BCUT2D eigenvalue weighted by atomic mass is 10.0. The zero-order valence-corrected chi connectivity index (χ0v) is 10.2. The van der Waals surface area contributed by atoms with Crippen LogP contribution in [-0.4, -0.2) is 22.5 Å². The first-order valence-electron chi connectivity index (χ1n) is 5.66. The van der Waals surface area contributed by atoms with Crippen LogP contribution in [0, 0.1) is 0 Å². The third-order valence-electron chi connectivity index (χ3n) is 2.76. The van der Waals surface area contributed by atoms with Gasteiger partial charge in [-0.2, -0.15) is 0 Å². The minimum Gasteiger partial charge on any atom is -0.359 e. The van der Waals surface area contributed by atoms with Gasteiger partial charge in [0.25, 0.3) is 0 Å². The summed E-state index contributed by atoms with van der Waals surface area (Å²) < 4.78 is 0. The second-order valence-electron chi connectivity index (χ2n) is 3.82. The van der Waals surface area contributed by atoms with E-state index in [0.29, 0.717) is 11.1 Å². The van der Waals surface area contributed by atoms with Gasteiger partial charge in [0, 0.05) is 28.9 Å². The van der Waals surface area contributed by atoms with E-state index in [2.05, 4.69) is 9.97 Å². The Hall–Kier alpha value is -2.75. The fourth-order valence-corrected chi connectivity index (χ4v) is 1.90. The number of aromatic nitrogens is 2. The van der Waals surface area contributed by atoms with E-state index in [-0.39, 0.29) is 5.78 Å². The fraction of sp³-hybridized carbons (Fsp3) is 0. The first kappa shape index (κ1) is 12.7. The normalized spacial score (nSPS) is 9.68. The van der Waals surface area contributed by atoms with Gasteiger partial charge >= 0.3 is 0 Å². The molecule has 0 radical (unpaired) electrons. The van der Waals surface area contributed by atoms with Crippen LogP contribution in [0.3, 0.4) is 0 Å². The smallest absolute Gasteiger partial charge is 0.195 e. The lowest BCUT2D eigenvalue weighted by Crippen LogP contribution is -1.99. The first-order chi connectivity index (χ1) is 9.36. The highest BCUT2D eigenvalue weighted by molar-refractivity contribution is 6.16. The number of carbonyl (C=O) groups is 2. The van der Waals surface area contributed by atoms with E-state index in [4.69, 9.17) is 4.79 Å². The molecule has 4 nitrogen and oxygen atoms in total. The first-order valence-corrected chi connectivity index (χ1v) is 5.66. The van der Waals surface area contributed by atoms with Crippen molar-refractivity contribution in [1.29, 1.82) is 0 Å². The number of fused-ring (bicyclic) bond motifs is 1. The summed E-state index contributed by atoms with van der Waals surface area (Å²) in [5.41, 5.74) is 2.27.